The van der Waals surface area contributed by atoms with E-state index in [1.165, 1.54) is 34.4 Å². The molecule has 0 spiro atoms. The fourth-order valence-corrected chi connectivity index (χ4v) is 4.18. The van der Waals surface area contributed by atoms with Crippen molar-refractivity contribution in [2.24, 2.45) is 0 Å². The molecule has 1 aromatic carbocycles. The Morgan fingerprint density at radius 3 is 2.77 bits per heavy atom. The van der Waals surface area contributed by atoms with Crippen molar-refractivity contribution in [2.45, 2.75) is 0 Å². The summed E-state index contributed by atoms with van der Waals surface area (Å²) in [5.41, 5.74) is 0.253. The minimum absolute atomic E-state index is 0.0488. The van der Waals surface area contributed by atoms with Crippen molar-refractivity contribution in [2.75, 3.05) is 11.9 Å². The van der Waals surface area contributed by atoms with Crippen molar-refractivity contribution in [1.29, 1.82) is 0 Å². The Labute approximate surface area is 162 Å². The predicted octanol–water partition coefficient (Wildman–Crippen LogP) is 1.95. The van der Waals surface area contributed by atoms with E-state index in [4.69, 9.17) is 12.2 Å². The fraction of sp³-hybridized carbons (Fsp3) is 0.0588. The lowest BCUT2D eigenvalue weighted by Gasteiger charge is -2.14. The molecule has 0 saturated carbocycles. The number of rotatable bonds is 5. The van der Waals surface area contributed by atoms with E-state index in [2.05, 4.69) is 5.32 Å². The maximum Gasteiger partial charge on any atom is 0.266 e. The van der Waals surface area contributed by atoms with Crippen molar-refractivity contribution < 1.29 is 19.5 Å². The van der Waals surface area contributed by atoms with Crippen molar-refractivity contribution >= 4 is 69.2 Å². The molecule has 6 nitrogen and oxygen atoms in total. The second kappa shape index (κ2) is 7.81. The Morgan fingerprint density at radius 2 is 2.08 bits per heavy atom. The van der Waals surface area contributed by atoms with Crippen LogP contribution in [0.5, 0.6) is 0 Å². The molecule has 2 amide bonds. The monoisotopic (exact) mass is 403 g/mol. The summed E-state index contributed by atoms with van der Waals surface area (Å²) in [6.07, 6.45) is 1.74. The fourth-order valence-electron chi connectivity index (χ4n) is 2.21. The smallest absolute Gasteiger partial charge is 0.266 e. The van der Waals surface area contributed by atoms with Crippen LogP contribution in [0.15, 0.2) is 46.7 Å². The number of amides is 2. The number of nitrogens with one attached hydrogen (secondary N) is 1. The molecule has 0 radical (unpaired) electrons. The van der Waals surface area contributed by atoms with E-state index in [-0.39, 0.29) is 18.0 Å². The number of carboxylic acid groups (broad SMARTS) is 1. The van der Waals surface area contributed by atoms with Gasteiger partial charge < -0.3 is 15.2 Å². The van der Waals surface area contributed by atoms with E-state index < -0.39 is 11.9 Å². The molecule has 2 aromatic rings. The number of thioether (sulfide) groups is 1. The normalized spacial score (nSPS) is 15.5. The van der Waals surface area contributed by atoms with Crippen LogP contribution in [-0.4, -0.2) is 33.5 Å². The second-order valence-corrected chi connectivity index (χ2v) is 7.85. The van der Waals surface area contributed by atoms with Crippen LogP contribution in [0.25, 0.3) is 6.08 Å². The van der Waals surface area contributed by atoms with Crippen molar-refractivity contribution in [3.63, 3.8) is 0 Å². The topological polar surface area (TPSA) is 89.5 Å². The number of hydrogen-bond donors (Lipinski definition) is 1. The van der Waals surface area contributed by atoms with Crippen molar-refractivity contribution in [3.8, 4) is 0 Å². The van der Waals surface area contributed by atoms with Gasteiger partial charge in [0.1, 0.15) is 10.9 Å². The van der Waals surface area contributed by atoms with Crippen molar-refractivity contribution in [3.05, 3.63) is 57.1 Å². The number of thiocarbonyl (C=S) groups is 1. The van der Waals surface area contributed by atoms with Crippen LogP contribution in [0.1, 0.15) is 15.2 Å². The maximum absolute atomic E-state index is 12.5. The van der Waals surface area contributed by atoms with E-state index in [9.17, 15) is 19.5 Å². The third kappa shape index (κ3) is 4.18. The number of carbonyl (C=O) groups excluding carboxylic acids is 3. The SMILES string of the molecule is O=C(CN1C(=O)/C(=C\c2cccs2)SC1=S)Nc1cccc(C(=O)[O-])c1. The van der Waals surface area contributed by atoms with E-state index >= 15 is 0 Å². The first-order valence-electron chi connectivity index (χ1n) is 7.34. The van der Waals surface area contributed by atoms with E-state index in [0.29, 0.717) is 14.9 Å². The number of hydrogen-bond acceptors (Lipinski definition) is 7. The number of anilines is 1. The molecule has 26 heavy (non-hydrogen) atoms. The third-order valence-electron chi connectivity index (χ3n) is 3.37. The molecule has 0 aliphatic carbocycles. The zero-order valence-electron chi connectivity index (χ0n) is 13.1. The molecule has 2 heterocycles. The van der Waals surface area contributed by atoms with Gasteiger partial charge in [-0.15, -0.1) is 11.3 Å². The highest BCUT2D eigenvalue weighted by Gasteiger charge is 2.33. The Balaban J connectivity index is 1.67. The van der Waals surface area contributed by atoms with Crippen LogP contribution >= 0.6 is 35.3 Å². The zero-order chi connectivity index (χ0) is 18.7. The highest BCUT2D eigenvalue weighted by molar-refractivity contribution is 8.26. The molecule has 0 bridgehead atoms. The second-order valence-electron chi connectivity index (χ2n) is 5.20. The summed E-state index contributed by atoms with van der Waals surface area (Å²) >= 11 is 7.83. The lowest BCUT2D eigenvalue weighted by atomic mass is 10.2. The van der Waals surface area contributed by atoms with Crippen LogP contribution in [0.3, 0.4) is 0 Å². The lowest BCUT2D eigenvalue weighted by Crippen LogP contribution is -2.36. The number of carboxylic acids is 1. The van der Waals surface area contributed by atoms with Crippen LogP contribution in [0.2, 0.25) is 0 Å². The number of nitrogens with zero attached hydrogens (tertiary/aromatic N) is 1. The first-order valence-corrected chi connectivity index (χ1v) is 9.44. The Hall–Kier alpha value is -2.49. The van der Waals surface area contributed by atoms with Gasteiger partial charge in [-0.25, -0.2) is 0 Å². The molecule has 1 fully saturated rings. The largest absolute Gasteiger partial charge is 0.545 e. The van der Waals surface area contributed by atoms with Gasteiger partial charge in [-0.2, -0.15) is 0 Å². The Bertz CT molecular complexity index is 922. The van der Waals surface area contributed by atoms with E-state index in [1.54, 1.807) is 12.1 Å². The van der Waals surface area contributed by atoms with Crippen molar-refractivity contribution in [1.82, 2.24) is 4.90 Å². The highest BCUT2D eigenvalue weighted by Crippen LogP contribution is 2.33. The number of thiophene rings is 1. The molecule has 1 aliphatic heterocycles. The Morgan fingerprint density at radius 1 is 1.27 bits per heavy atom. The molecular formula is C17H11N2O4S3-. The minimum Gasteiger partial charge on any atom is -0.545 e. The van der Waals surface area contributed by atoms with Gasteiger partial charge in [0, 0.05) is 10.6 Å². The average molecular weight is 403 g/mol. The molecule has 0 atom stereocenters. The third-order valence-corrected chi connectivity index (χ3v) is 5.57. The highest BCUT2D eigenvalue weighted by atomic mass is 32.2. The van der Waals surface area contributed by atoms with E-state index in [1.807, 2.05) is 17.5 Å². The van der Waals surface area contributed by atoms with Gasteiger partial charge in [0.05, 0.1) is 10.9 Å². The van der Waals surface area contributed by atoms with Crippen LogP contribution in [0, 0.1) is 0 Å². The lowest BCUT2D eigenvalue weighted by molar-refractivity contribution is -0.255. The van der Waals surface area contributed by atoms with Crippen LogP contribution in [-0.2, 0) is 9.59 Å². The number of aromatic carboxylic acids is 1. The first kappa shape index (κ1) is 18.3. The average Bonchev–Trinajstić information content (AvgIpc) is 3.19. The van der Waals surface area contributed by atoms with Gasteiger partial charge >= 0.3 is 0 Å². The summed E-state index contributed by atoms with van der Waals surface area (Å²) in [5, 5.41) is 15.3. The van der Waals surface area contributed by atoms with Crippen LogP contribution in [0.4, 0.5) is 5.69 Å². The zero-order valence-corrected chi connectivity index (χ0v) is 15.6. The maximum atomic E-state index is 12.5. The molecule has 132 valence electrons. The molecule has 0 unspecified atom stereocenters. The van der Waals surface area contributed by atoms with Gasteiger partial charge in [0.15, 0.2) is 0 Å². The van der Waals surface area contributed by atoms with Crippen LogP contribution < -0.4 is 10.4 Å². The standard InChI is InChI=1S/C17H12N2O4S3/c20-14(18-11-4-1-3-10(7-11)16(22)23)9-19-15(21)13(26-17(19)24)8-12-5-2-6-25-12/h1-8H,9H2,(H,18,20)(H,22,23)/p-1/b13-8+. The molecule has 1 saturated heterocycles. The predicted molar refractivity (Wildman–Crippen MR) is 104 cm³/mol. The summed E-state index contributed by atoms with van der Waals surface area (Å²) < 4.78 is 0.302. The first-order chi connectivity index (χ1) is 12.4. The summed E-state index contributed by atoms with van der Waals surface area (Å²) in [7, 11) is 0. The molecular weight excluding hydrogens is 392 g/mol. The summed E-state index contributed by atoms with van der Waals surface area (Å²) in [5.74, 6) is -2.14. The van der Waals surface area contributed by atoms with Gasteiger partial charge in [-0.3, -0.25) is 14.5 Å². The molecule has 1 aliphatic rings. The molecule has 1 aromatic heterocycles. The summed E-state index contributed by atoms with van der Waals surface area (Å²) in [4.78, 5) is 38.1. The van der Waals surface area contributed by atoms with Gasteiger partial charge in [-0.1, -0.05) is 42.2 Å². The summed E-state index contributed by atoms with van der Waals surface area (Å²) in [6, 6.07) is 9.45. The van der Waals surface area contributed by atoms with Gasteiger partial charge in [0.25, 0.3) is 5.91 Å². The molecule has 9 heteroatoms. The molecule has 1 N–H and O–H groups in total. The Kier molecular flexibility index (Phi) is 5.50. The number of carbonyl (C=O) groups is 3. The van der Waals surface area contributed by atoms with E-state index in [0.717, 1.165) is 16.6 Å². The summed E-state index contributed by atoms with van der Waals surface area (Å²) in [6.45, 7) is -0.248. The minimum atomic E-state index is -1.34. The van der Waals surface area contributed by atoms with Gasteiger partial charge in [0.2, 0.25) is 5.91 Å². The number of benzene rings is 1. The van der Waals surface area contributed by atoms with Gasteiger partial charge in [-0.05, 0) is 35.2 Å². The quantitative estimate of drug-likeness (QED) is 0.606. The molecule has 3 rings (SSSR count).